The van der Waals surface area contributed by atoms with Gasteiger partial charge in [-0.2, -0.15) is 0 Å². The van der Waals surface area contributed by atoms with Gasteiger partial charge in [0.05, 0.1) is 0 Å². The van der Waals surface area contributed by atoms with Crippen LogP contribution in [0.25, 0.3) is 0 Å². The van der Waals surface area contributed by atoms with E-state index in [0.717, 1.165) is 5.75 Å². The van der Waals surface area contributed by atoms with Gasteiger partial charge in [-0.3, -0.25) is 4.79 Å². The zero-order chi connectivity index (χ0) is 12.0. The summed E-state index contributed by atoms with van der Waals surface area (Å²) in [5, 5.41) is 2.85. The molecule has 1 rings (SSSR count). The van der Waals surface area contributed by atoms with E-state index in [9.17, 15) is 4.79 Å². The summed E-state index contributed by atoms with van der Waals surface area (Å²) in [6.07, 6.45) is 0.248. The molecule has 3 heteroatoms. The Bertz CT molecular complexity index is 322. The second kappa shape index (κ2) is 6.16. The molecule has 0 aromatic heterocycles. The molecule has 0 aliphatic rings. The van der Waals surface area contributed by atoms with E-state index >= 15 is 0 Å². The molecule has 1 N–H and O–H groups in total. The largest absolute Gasteiger partial charge is 0.481 e. The van der Waals surface area contributed by atoms with E-state index in [0.29, 0.717) is 6.42 Å². The number of benzene rings is 1. The van der Waals surface area contributed by atoms with Gasteiger partial charge in [0.25, 0.3) is 5.91 Å². The first-order chi connectivity index (χ1) is 7.63. The molecule has 16 heavy (non-hydrogen) atoms. The van der Waals surface area contributed by atoms with E-state index in [1.54, 1.807) is 0 Å². The van der Waals surface area contributed by atoms with Crippen LogP contribution in [0.15, 0.2) is 30.3 Å². The third-order valence-corrected chi connectivity index (χ3v) is 2.12. The number of carbonyl (C=O) groups is 1. The molecule has 1 aromatic rings. The first-order valence-corrected chi connectivity index (χ1v) is 5.65. The average molecular weight is 221 g/mol. The van der Waals surface area contributed by atoms with E-state index in [4.69, 9.17) is 4.74 Å². The zero-order valence-corrected chi connectivity index (χ0v) is 10.1. The van der Waals surface area contributed by atoms with Gasteiger partial charge < -0.3 is 10.1 Å². The fraction of sp³-hybridized carbons (Fsp3) is 0.462. The molecule has 88 valence electrons. The minimum Gasteiger partial charge on any atom is -0.481 e. The van der Waals surface area contributed by atoms with Crippen LogP contribution in [0, 0.1) is 0 Å². The van der Waals surface area contributed by atoms with Gasteiger partial charge in [-0.1, -0.05) is 25.1 Å². The summed E-state index contributed by atoms with van der Waals surface area (Å²) in [6, 6.07) is 9.55. The smallest absolute Gasteiger partial charge is 0.261 e. The van der Waals surface area contributed by atoms with Gasteiger partial charge in [0.15, 0.2) is 6.10 Å². The van der Waals surface area contributed by atoms with E-state index in [1.807, 2.05) is 51.1 Å². The van der Waals surface area contributed by atoms with Crippen LogP contribution in [0.4, 0.5) is 0 Å². The Kier molecular flexibility index (Phi) is 4.83. The number of ether oxygens (including phenoxy) is 1. The van der Waals surface area contributed by atoms with E-state index < -0.39 is 6.10 Å². The van der Waals surface area contributed by atoms with Crippen molar-refractivity contribution in [1.82, 2.24) is 5.32 Å². The molecular weight excluding hydrogens is 202 g/mol. The van der Waals surface area contributed by atoms with Crippen molar-refractivity contribution in [3.63, 3.8) is 0 Å². The van der Waals surface area contributed by atoms with Crippen molar-refractivity contribution in [2.75, 3.05) is 0 Å². The molecule has 0 radical (unpaired) electrons. The monoisotopic (exact) mass is 221 g/mol. The van der Waals surface area contributed by atoms with Crippen molar-refractivity contribution < 1.29 is 9.53 Å². The summed E-state index contributed by atoms with van der Waals surface area (Å²) in [4.78, 5) is 11.8. The number of para-hydroxylation sites is 1. The standard InChI is InChI=1S/C13H19NO2/c1-4-12(13(15)14-10(2)3)16-11-8-6-5-7-9-11/h5-10,12H,4H2,1-3H3,(H,14,15). The Labute approximate surface area is 96.8 Å². The highest BCUT2D eigenvalue weighted by Gasteiger charge is 2.18. The molecule has 0 spiro atoms. The molecule has 0 heterocycles. The van der Waals surface area contributed by atoms with Crippen LogP contribution in [0.2, 0.25) is 0 Å². The first kappa shape index (κ1) is 12.6. The minimum absolute atomic E-state index is 0.0543. The van der Waals surface area contributed by atoms with Crippen molar-refractivity contribution in [1.29, 1.82) is 0 Å². The lowest BCUT2D eigenvalue weighted by atomic mass is 10.2. The molecule has 0 aliphatic carbocycles. The van der Waals surface area contributed by atoms with Crippen LogP contribution in [-0.2, 0) is 4.79 Å². The highest BCUT2D eigenvalue weighted by molar-refractivity contribution is 5.81. The lowest BCUT2D eigenvalue weighted by Gasteiger charge is -2.18. The van der Waals surface area contributed by atoms with Gasteiger partial charge >= 0.3 is 0 Å². The second-order valence-corrected chi connectivity index (χ2v) is 3.99. The highest BCUT2D eigenvalue weighted by Crippen LogP contribution is 2.12. The maximum atomic E-state index is 11.8. The molecule has 1 aromatic carbocycles. The number of amides is 1. The Morgan fingerprint density at radius 2 is 1.94 bits per heavy atom. The number of hydrogen-bond donors (Lipinski definition) is 1. The predicted molar refractivity (Wildman–Crippen MR) is 64.4 cm³/mol. The Balaban J connectivity index is 2.58. The molecule has 1 unspecified atom stereocenters. The van der Waals surface area contributed by atoms with Crippen LogP contribution in [0.1, 0.15) is 27.2 Å². The fourth-order valence-corrected chi connectivity index (χ4v) is 1.36. The average Bonchev–Trinajstić information content (AvgIpc) is 2.26. The van der Waals surface area contributed by atoms with Crippen molar-refractivity contribution in [2.45, 2.75) is 39.3 Å². The van der Waals surface area contributed by atoms with Gasteiger partial charge in [0.2, 0.25) is 0 Å². The Morgan fingerprint density at radius 3 is 2.44 bits per heavy atom. The topological polar surface area (TPSA) is 38.3 Å². The van der Waals surface area contributed by atoms with Crippen LogP contribution in [-0.4, -0.2) is 18.1 Å². The van der Waals surface area contributed by atoms with E-state index in [-0.39, 0.29) is 11.9 Å². The predicted octanol–water partition coefficient (Wildman–Crippen LogP) is 2.37. The maximum absolute atomic E-state index is 11.8. The number of rotatable bonds is 5. The van der Waals surface area contributed by atoms with Crippen LogP contribution >= 0.6 is 0 Å². The molecule has 0 fully saturated rings. The lowest BCUT2D eigenvalue weighted by molar-refractivity contribution is -0.128. The summed E-state index contributed by atoms with van der Waals surface area (Å²) in [5.41, 5.74) is 0. The molecular formula is C13H19NO2. The van der Waals surface area contributed by atoms with Crippen LogP contribution in [0.5, 0.6) is 5.75 Å². The van der Waals surface area contributed by atoms with E-state index in [2.05, 4.69) is 5.32 Å². The third-order valence-electron chi connectivity index (χ3n) is 2.12. The fourth-order valence-electron chi connectivity index (χ4n) is 1.36. The van der Waals surface area contributed by atoms with Crippen LogP contribution < -0.4 is 10.1 Å². The number of carbonyl (C=O) groups excluding carboxylic acids is 1. The Morgan fingerprint density at radius 1 is 1.31 bits per heavy atom. The Hall–Kier alpha value is -1.51. The molecule has 0 saturated carbocycles. The summed E-state index contributed by atoms with van der Waals surface area (Å²) in [7, 11) is 0. The maximum Gasteiger partial charge on any atom is 0.261 e. The zero-order valence-electron chi connectivity index (χ0n) is 10.1. The summed E-state index contributed by atoms with van der Waals surface area (Å²) in [6.45, 7) is 5.81. The van der Waals surface area contributed by atoms with Gasteiger partial charge in [0.1, 0.15) is 5.75 Å². The normalized spacial score (nSPS) is 12.2. The van der Waals surface area contributed by atoms with Crippen molar-refractivity contribution in [2.24, 2.45) is 0 Å². The molecule has 0 aliphatic heterocycles. The number of nitrogens with one attached hydrogen (secondary N) is 1. The number of hydrogen-bond acceptors (Lipinski definition) is 2. The van der Waals surface area contributed by atoms with Gasteiger partial charge in [-0.15, -0.1) is 0 Å². The molecule has 1 atom stereocenters. The van der Waals surface area contributed by atoms with Crippen molar-refractivity contribution in [3.05, 3.63) is 30.3 Å². The molecule has 0 bridgehead atoms. The minimum atomic E-state index is -0.412. The van der Waals surface area contributed by atoms with E-state index in [1.165, 1.54) is 0 Å². The van der Waals surface area contributed by atoms with Gasteiger partial charge in [0, 0.05) is 6.04 Å². The van der Waals surface area contributed by atoms with Crippen molar-refractivity contribution in [3.8, 4) is 5.75 Å². The summed E-state index contributed by atoms with van der Waals surface area (Å²) >= 11 is 0. The quantitative estimate of drug-likeness (QED) is 0.829. The lowest BCUT2D eigenvalue weighted by Crippen LogP contribution is -2.41. The van der Waals surface area contributed by atoms with Crippen molar-refractivity contribution >= 4 is 5.91 Å². The van der Waals surface area contributed by atoms with Crippen LogP contribution in [0.3, 0.4) is 0 Å². The molecule has 3 nitrogen and oxygen atoms in total. The highest BCUT2D eigenvalue weighted by atomic mass is 16.5. The van der Waals surface area contributed by atoms with Gasteiger partial charge in [-0.05, 0) is 32.4 Å². The summed E-state index contributed by atoms with van der Waals surface area (Å²) in [5.74, 6) is 0.676. The SMILES string of the molecule is CCC(Oc1ccccc1)C(=O)NC(C)C. The first-order valence-electron chi connectivity index (χ1n) is 5.65. The third kappa shape index (κ3) is 3.93. The molecule has 0 saturated heterocycles. The molecule has 1 amide bonds. The second-order valence-electron chi connectivity index (χ2n) is 3.99. The van der Waals surface area contributed by atoms with Gasteiger partial charge in [-0.25, -0.2) is 0 Å². The summed E-state index contributed by atoms with van der Waals surface area (Å²) < 4.78 is 5.61.